The summed E-state index contributed by atoms with van der Waals surface area (Å²) in [5.41, 5.74) is 0.775. The average Bonchev–Trinajstić information content (AvgIpc) is 1.90. The molecule has 0 heterocycles. The molecule has 0 spiro atoms. The molecule has 0 fully saturated rings. The van der Waals surface area contributed by atoms with Crippen LogP contribution in [0.15, 0.2) is 30.3 Å². The van der Waals surface area contributed by atoms with E-state index in [0.717, 1.165) is 5.56 Å². The molecule has 0 aliphatic rings. The van der Waals surface area contributed by atoms with Gasteiger partial charge in [-0.1, -0.05) is 30.3 Å². The van der Waals surface area contributed by atoms with Gasteiger partial charge in [0, 0.05) is 11.7 Å². The minimum absolute atomic E-state index is 0. The van der Waals surface area contributed by atoms with Crippen molar-refractivity contribution in [2.24, 2.45) is 0 Å². The van der Waals surface area contributed by atoms with E-state index in [0.29, 0.717) is 0 Å². The maximum atomic E-state index is 10.6. The molecule has 0 atom stereocenters. The normalized spacial score (nSPS) is 8.10. The van der Waals surface area contributed by atoms with Gasteiger partial charge in [0.25, 0.3) is 0 Å². The fourth-order valence-corrected chi connectivity index (χ4v) is 0.673. The van der Waals surface area contributed by atoms with Gasteiger partial charge < -0.3 is 0 Å². The van der Waals surface area contributed by atoms with Crippen molar-refractivity contribution < 1.29 is 4.79 Å². The van der Waals surface area contributed by atoms with E-state index in [2.05, 4.69) is 0 Å². The van der Waals surface area contributed by atoms with Gasteiger partial charge in [0.05, 0.1) is 0 Å². The summed E-state index contributed by atoms with van der Waals surface area (Å²) in [6.45, 7) is 1.56. The third kappa shape index (κ3) is 1.99. The topological polar surface area (TPSA) is 47.6 Å². The van der Waals surface area contributed by atoms with Crippen molar-refractivity contribution in [3.05, 3.63) is 35.9 Å². The molecule has 2 heteroatoms. The number of benzene rings is 1. The van der Waals surface area contributed by atoms with Crippen LogP contribution in [0.25, 0.3) is 0 Å². The fourth-order valence-electron chi connectivity index (χ4n) is 0.673. The van der Waals surface area contributed by atoms with Crippen LogP contribution in [-0.4, -0.2) is 5.78 Å². The summed E-state index contributed by atoms with van der Waals surface area (Å²) in [4.78, 5) is 10.6. The first kappa shape index (κ1) is 8.85. The SMILES string of the molecule is CC(=O)c1ccccc1.[N]. The molecule has 0 bridgehead atoms. The molecule has 51 valence electrons. The van der Waals surface area contributed by atoms with E-state index in [1.165, 1.54) is 0 Å². The molecule has 0 N–H and O–H groups in total. The first-order valence-corrected chi connectivity index (χ1v) is 2.86. The second-order valence-corrected chi connectivity index (χ2v) is 1.92. The van der Waals surface area contributed by atoms with Gasteiger partial charge in [-0.2, -0.15) is 0 Å². The maximum absolute atomic E-state index is 10.6. The summed E-state index contributed by atoms with van der Waals surface area (Å²) in [6, 6.07) is 9.23. The van der Waals surface area contributed by atoms with Crippen LogP contribution in [0, 0.1) is 0 Å². The van der Waals surface area contributed by atoms with Crippen LogP contribution < -0.4 is 6.15 Å². The molecule has 0 aliphatic heterocycles. The lowest BCUT2D eigenvalue weighted by Crippen LogP contribution is -1.88. The lowest BCUT2D eigenvalue weighted by molar-refractivity contribution is 0.101. The van der Waals surface area contributed by atoms with E-state index >= 15 is 0 Å². The molecule has 0 amide bonds. The van der Waals surface area contributed by atoms with Crippen LogP contribution in [-0.2, 0) is 0 Å². The molecule has 0 aromatic heterocycles. The van der Waals surface area contributed by atoms with Crippen LogP contribution in [0.3, 0.4) is 0 Å². The average molecular weight is 134 g/mol. The Hall–Kier alpha value is -1.15. The zero-order valence-corrected chi connectivity index (χ0v) is 5.74. The highest BCUT2D eigenvalue weighted by Gasteiger charge is 1.92. The molecule has 1 aromatic rings. The zero-order chi connectivity index (χ0) is 6.69. The Morgan fingerprint density at radius 2 is 1.70 bits per heavy atom. The van der Waals surface area contributed by atoms with E-state index in [9.17, 15) is 4.79 Å². The van der Waals surface area contributed by atoms with Gasteiger partial charge in [-0.3, -0.25) is 4.79 Å². The van der Waals surface area contributed by atoms with E-state index in [1.54, 1.807) is 6.92 Å². The highest BCUT2D eigenvalue weighted by molar-refractivity contribution is 5.93. The fraction of sp³-hybridized carbons (Fsp3) is 0.125. The third-order valence-corrected chi connectivity index (χ3v) is 1.18. The van der Waals surface area contributed by atoms with Crippen LogP contribution in [0.5, 0.6) is 0 Å². The second kappa shape index (κ2) is 3.80. The van der Waals surface area contributed by atoms with Gasteiger partial charge in [-0.05, 0) is 6.92 Å². The van der Waals surface area contributed by atoms with Crippen molar-refractivity contribution in [2.45, 2.75) is 6.92 Å². The number of nitrogens with zero attached hydrogens (tertiary/aromatic N) is 1. The van der Waals surface area contributed by atoms with Crippen molar-refractivity contribution in [3.63, 3.8) is 0 Å². The van der Waals surface area contributed by atoms with E-state index in [4.69, 9.17) is 0 Å². The number of ketones is 1. The molecule has 0 unspecified atom stereocenters. The van der Waals surface area contributed by atoms with E-state index < -0.39 is 0 Å². The van der Waals surface area contributed by atoms with Gasteiger partial charge in [0.2, 0.25) is 0 Å². The highest BCUT2D eigenvalue weighted by atomic mass is 16.1. The summed E-state index contributed by atoms with van der Waals surface area (Å²) in [5, 5.41) is 0. The van der Waals surface area contributed by atoms with Crippen molar-refractivity contribution >= 4 is 5.78 Å². The molecule has 2 nitrogen and oxygen atoms in total. The monoisotopic (exact) mass is 134 g/mol. The Bertz CT molecular complexity index is 206. The number of Topliss-reactive ketones (excluding diaryl/α,β-unsaturated/α-hetero) is 1. The quantitative estimate of drug-likeness (QED) is 0.535. The summed E-state index contributed by atoms with van der Waals surface area (Å²) in [5.74, 6) is 0.121. The predicted octanol–water partition coefficient (Wildman–Crippen LogP) is 1.41. The van der Waals surface area contributed by atoms with Gasteiger partial charge in [-0.25, -0.2) is 0 Å². The molecule has 0 saturated carbocycles. The Kier molecular flexibility index (Phi) is 3.36. The number of carbonyl (C=O) groups excluding carboxylic acids is 1. The number of hydrogen-bond acceptors (Lipinski definition) is 1. The summed E-state index contributed by atoms with van der Waals surface area (Å²) < 4.78 is 0. The number of carbonyl (C=O) groups is 1. The molecule has 0 aliphatic carbocycles. The van der Waals surface area contributed by atoms with Crippen LogP contribution in [0.4, 0.5) is 0 Å². The maximum Gasteiger partial charge on any atom is 0.159 e. The van der Waals surface area contributed by atoms with Crippen molar-refractivity contribution in [1.29, 1.82) is 0 Å². The smallest absolute Gasteiger partial charge is 0.159 e. The van der Waals surface area contributed by atoms with Gasteiger partial charge in [-0.15, -0.1) is 0 Å². The standard InChI is InChI=1S/C8H8O.N/c1-7(9)8-5-3-2-4-6-8;/h2-6H,1H3;. The van der Waals surface area contributed by atoms with Gasteiger partial charge in [0.1, 0.15) is 0 Å². The molecule has 0 saturated heterocycles. The number of rotatable bonds is 1. The third-order valence-electron chi connectivity index (χ3n) is 1.18. The molecular formula is C8H8NO. The first-order valence-electron chi connectivity index (χ1n) is 2.86. The Morgan fingerprint density at radius 1 is 1.20 bits per heavy atom. The second-order valence-electron chi connectivity index (χ2n) is 1.92. The predicted molar refractivity (Wildman–Crippen MR) is 38.6 cm³/mol. The molecule has 3 radical (unpaired) electrons. The van der Waals surface area contributed by atoms with E-state index in [1.807, 2.05) is 30.3 Å². The summed E-state index contributed by atoms with van der Waals surface area (Å²) in [7, 11) is 0. The summed E-state index contributed by atoms with van der Waals surface area (Å²) in [6.07, 6.45) is 0. The highest BCUT2D eigenvalue weighted by Crippen LogP contribution is 1.97. The lowest BCUT2D eigenvalue weighted by Gasteiger charge is -1.89. The Morgan fingerprint density at radius 3 is 2.00 bits per heavy atom. The molecule has 10 heavy (non-hydrogen) atoms. The van der Waals surface area contributed by atoms with Crippen molar-refractivity contribution in [2.75, 3.05) is 0 Å². The number of hydrogen-bond donors (Lipinski definition) is 0. The van der Waals surface area contributed by atoms with E-state index in [-0.39, 0.29) is 11.9 Å². The zero-order valence-electron chi connectivity index (χ0n) is 5.74. The molecular weight excluding hydrogens is 126 g/mol. The molecule has 1 aromatic carbocycles. The summed E-state index contributed by atoms with van der Waals surface area (Å²) >= 11 is 0. The van der Waals surface area contributed by atoms with Crippen LogP contribution in [0.2, 0.25) is 0 Å². The molecule has 1 rings (SSSR count). The Balaban J connectivity index is 0.000000810. The van der Waals surface area contributed by atoms with Crippen LogP contribution in [0.1, 0.15) is 17.3 Å². The lowest BCUT2D eigenvalue weighted by atomic mass is 10.2. The largest absolute Gasteiger partial charge is 0.295 e. The van der Waals surface area contributed by atoms with Gasteiger partial charge >= 0.3 is 0 Å². The van der Waals surface area contributed by atoms with Crippen LogP contribution >= 0.6 is 0 Å². The first-order chi connectivity index (χ1) is 4.30. The van der Waals surface area contributed by atoms with Crippen molar-refractivity contribution in [1.82, 2.24) is 6.15 Å². The minimum atomic E-state index is 0. The Labute approximate surface area is 60.5 Å². The van der Waals surface area contributed by atoms with Crippen molar-refractivity contribution in [3.8, 4) is 0 Å². The minimum Gasteiger partial charge on any atom is -0.295 e. The van der Waals surface area contributed by atoms with Gasteiger partial charge in [0.15, 0.2) is 5.78 Å².